The van der Waals surface area contributed by atoms with Crippen molar-refractivity contribution in [3.8, 4) is 0 Å². The smallest absolute Gasteiger partial charge is 0.123 e. The van der Waals surface area contributed by atoms with E-state index in [2.05, 4.69) is 35.8 Å². The second-order valence-corrected chi connectivity index (χ2v) is 7.66. The van der Waals surface area contributed by atoms with Gasteiger partial charge in [-0.1, -0.05) is 30.3 Å². The lowest BCUT2D eigenvalue weighted by Crippen LogP contribution is -2.37. The van der Waals surface area contributed by atoms with Gasteiger partial charge in [0.15, 0.2) is 0 Å². The van der Waals surface area contributed by atoms with Crippen molar-refractivity contribution in [3.63, 3.8) is 0 Å². The summed E-state index contributed by atoms with van der Waals surface area (Å²) in [5.74, 6) is -0.168. The van der Waals surface area contributed by atoms with Crippen LogP contribution in [-0.2, 0) is 25.8 Å². The molecule has 1 unspecified atom stereocenters. The highest BCUT2D eigenvalue weighted by atomic mass is 19.1. The molecule has 0 saturated heterocycles. The Morgan fingerprint density at radius 2 is 1.96 bits per heavy atom. The molecule has 0 aliphatic heterocycles. The van der Waals surface area contributed by atoms with Crippen LogP contribution in [0, 0.1) is 5.82 Å². The number of benzene rings is 2. The second-order valence-electron chi connectivity index (χ2n) is 7.66. The molecule has 1 aliphatic carbocycles. The van der Waals surface area contributed by atoms with Crippen LogP contribution in [0.5, 0.6) is 0 Å². The minimum absolute atomic E-state index is 0.168. The molecule has 0 radical (unpaired) electrons. The Hall–Kier alpha value is -2.13. The Labute approximate surface area is 148 Å². The van der Waals surface area contributed by atoms with Gasteiger partial charge in [0.05, 0.1) is 0 Å². The van der Waals surface area contributed by atoms with Gasteiger partial charge in [-0.3, -0.25) is 0 Å². The van der Waals surface area contributed by atoms with Crippen molar-refractivity contribution >= 4 is 10.9 Å². The van der Waals surface area contributed by atoms with Crippen LogP contribution in [0.25, 0.3) is 10.9 Å². The average molecular weight is 336 g/mol. The van der Waals surface area contributed by atoms with Crippen LogP contribution in [0.15, 0.2) is 48.5 Å². The van der Waals surface area contributed by atoms with E-state index in [1.54, 1.807) is 12.1 Å². The van der Waals surface area contributed by atoms with Gasteiger partial charge < -0.3 is 10.3 Å². The fourth-order valence-corrected chi connectivity index (χ4v) is 4.23. The molecule has 0 saturated carbocycles. The number of nitrogens with zero attached hydrogens (tertiary/aromatic N) is 1. The van der Waals surface area contributed by atoms with Gasteiger partial charge >= 0.3 is 0 Å². The van der Waals surface area contributed by atoms with Crippen LogP contribution in [0.1, 0.15) is 36.6 Å². The van der Waals surface area contributed by atoms with Gasteiger partial charge in [0.25, 0.3) is 0 Å². The molecule has 1 aliphatic rings. The van der Waals surface area contributed by atoms with E-state index < -0.39 is 0 Å². The van der Waals surface area contributed by atoms with Gasteiger partial charge in [-0.05, 0) is 68.4 Å². The van der Waals surface area contributed by atoms with E-state index in [1.807, 2.05) is 12.1 Å². The summed E-state index contributed by atoms with van der Waals surface area (Å²) in [6.45, 7) is 3.04. The first-order chi connectivity index (χ1) is 12.0. The van der Waals surface area contributed by atoms with E-state index in [4.69, 9.17) is 5.73 Å². The molecule has 0 fully saturated rings. The lowest BCUT2D eigenvalue weighted by Gasteiger charge is -2.22. The predicted octanol–water partition coefficient (Wildman–Crippen LogP) is 4.62. The van der Waals surface area contributed by atoms with Crippen LogP contribution in [0.3, 0.4) is 0 Å². The van der Waals surface area contributed by atoms with Crippen molar-refractivity contribution in [1.29, 1.82) is 0 Å². The maximum Gasteiger partial charge on any atom is 0.123 e. The molecule has 1 aromatic heterocycles. The van der Waals surface area contributed by atoms with Gasteiger partial charge in [-0.2, -0.15) is 0 Å². The zero-order chi connectivity index (χ0) is 17.4. The first kappa shape index (κ1) is 16.3. The van der Waals surface area contributed by atoms with E-state index in [1.165, 1.54) is 16.8 Å². The maximum absolute atomic E-state index is 13.9. The molecule has 2 aromatic carbocycles. The predicted molar refractivity (Wildman–Crippen MR) is 101 cm³/mol. The molecule has 0 spiro atoms. The number of aryl methyl sites for hydroxylation is 2. The van der Waals surface area contributed by atoms with Crippen molar-refractivity contribution in [3.05, 3.63) is 71.2 Å². The molecular formula is C22H25FN2. The van der Waals surface area contributed by atoms with Gasteiger partial charge in [0.2, 0.25) is 0 Å². The summed E-state index contributed by atoms with van der Waals surface area (Å²) in [6.07, 6.45) is 4.92. The number of hydrogen-bond acceptors (Lipinski definition) is 1. The third-order valence-corrected chi connectivity index (χ3v) is 5.46. The number of halogens is 1. The molecule has 3 aromatic rings. The van der Waals surface area contributed by atoms with Crippen LogP contribution in [0.4, 0.5) is 4.39 Å². The fraction of sp³-hybridized carbons (Fsp3) is 0.364. The molecule has 2 N–H and O–H groups in total. The quantitative estimate of drug-likeness (QED) is 0.695. The highest BCUT2D eigenvalue weighted by Gasteiger charge is 2.28. The van der Waals surface area contributed by atoms with Gasteiger partial charge in [0, 0.05) is 28.7 Å². The first-order valence-corrected chi connectivity index (χ1v) is 9.16. The lowest BCUT2D eigenvalue weighted by atomic mass is 9.91. The summed E-state index contributed by atoms with van der Waals surface area (Å²) in [7, 11) is 0. The summed E-state index contributed by atoms with van der Waals surface area (Å²) in [6, 6.07) is 15.7. The molecule has 3 heteroatoms. The highest BCUT2D eigenvalue weighted by Crippen LogP contribution is 2.34. The summed E-state index contributed by atoms with van der Waals surface area (Å²) < 4.78 is 16.3. The summed E-state index contributed by atoms with van der Waals surface area (Å²) in [5.41, 5.74) is 11.4. The van der Waals surface area contributed by atoms with Crippen LogP contribution < -0.4 is 5.73 Å². The zero-order valence-electron chi connectivity index (χ0n) is 14.8. The summed E-state index contributed by atoms with van der Waals surface area (Å²) in [5, 5.41) is 1.04. The number of fused-ring (bicyclic) bond motifs is 3. The molecule has 4 rings (SSSR count). The summed E-state index contributed by atoms with van der Waals surface area (Å²) >= 11 is 0. The molecule has 0 bridgehead atoms. The normalized spacial score (nSPS) is 20.4. The Kier molecular flexibility index (Phi) is 4.12. The van der Waals surface area contributed by atoms with Crippen molar-refractivity contribution in [2.24, 2.45) is 5.73 Å². The zero-order valence-corrected chi connectivity index (χ0v) is 14.8. The maximum atomic E-state index is 13.9. The Balaban J connectivity index is 1.79. The van der Waals surface area contributed by atoms with Crippen molar-refractivity contribution in [2.75, 3.05) is 0 Å². The number of nitrogens with two attached hydrogens (primary N) is 1. The lowest BCUT2D eigenvalue weighted by molar-refractivity contribution is 0.429. The van der Waals surface area contributed by atoms with Crippen LogP contribution >= 0.6 is 0 Å². The molecule has 25 heavy (non-hydrogen) atoms. The minimum Gasteiger partial charge on any atom is -0.344 e. The van der Waals surface area contributed by atoms with Gasteiger partial charge in [0.1, 0.15) is 5.82 Å². The standard InChI is InChI=1S/C22H25FN2/c1-22(24)12-5-8-20-19(15-22)18-14-17(23)9-10-21(18)25(20)13-11-16-6-3-2-4-7-16/h2-4,6-7,9-10,14H,5,8,11-13,15,24H2,1H3. The van der Waals surface area contributed by atoms with Gasteiger partial charge in [-0.15, -0.1) is 0 Å². The topological polar surface area (TPSA) is 30.9 Å². The van der Waals surface area contributed by atoms with Crippen molar-refractivity contribution in [1.82, 2.24) is 4.57 Å². The second kappa shape index (κ2) is 6.30. The Morgan fingerprint density at radius 1 is 1.16 bits per heavy atom. The number of aromatic nitrogens is 1. The number of hydrogen-bond donors (Lipinski definition) is 1. The minimum atomic E-state index is -0.212. The molecule has 1 heterocycles. The third-order valence-electron chi connectivity index (χ3n) is 5.46. The number of rotatable bonds is 3. The van der Waals surface area contributed by atoms with E-state index in [-0.39, 0.29) is 11.4 Å². The Bertz CT molecular complexity index is 893. The van der Waals surface area contributed by atoms with Crippen LogP contribution in [0.2, 0.25) is 0 Å². The molecule has 1 atom stereocenters. The molecular weight excluding hydrogens is 311 g/mol. The first-order valence-electron chi connectivity index (χ1n) is 9.16. The van der Waals surface area contributed by atoms with Crippen LogP contribution in [-0.4, -0.2) is 10.1 Å². The van der Waals surface area contributed by atoms with Crippen molar-refractivity contribution < 1.29 is 4.39 Å². The monoisotopic (exact) mass is 336 g/mol. The Morgan fingerprint density at radius 3 is 2.76 bits per heavy atom. The molecule has 2 nitrogen and oxygen atoms in total. The third kappa shape index (κ3) is 3.21. The fourth-order valence-electron chi connectivity index (χ4n) is 4.23. The average Bonchev–Trinajstić information content (AvgIpc) is 2.75. The highest BCUT2D eigenvalue weighted by molar-refractivity contribution is 5.86. The van der Waals surface area contributed by atoms with Gasteiger partial charge in [-0.25, -0.2) is 4.39 Å². The summed E-state index contributed by atoms with van der Waals surface area (Å²) in [4.78, 5) is 0. The SMILES string of the molecule is CC1(N)CCCc2c(c3cc(F)ccc3n2CCc2ccccc2)C1. The van der Waals surface area contributed by atoms with E-state index >= 15 is 0 Å². The molecule has 130 valence electrons. The van der Waals surface area contributed by atoms with E-state index in [9.17, 15) is 4.39 Å². The van der Waals surface area contributed by atoms with Crippen molar-refractivity contribution in [2.45, 2.75) is 51.1 Å². The largest absolute Gasteiger partial charge is 0.344 e. The molecule has 0 amide bonds. The van der Waals surface area contributed by atoms with E-state index in [0.29, 0.717) is 0 Å². The van der Waals surface area contributed by atoms with E-state index in [0.717, 1.165) is 49.6 Å².